The molecule has 0 aliphatic carbocycles. The molecular formula is C23H34N4O8. The van der Waals surface area contributed by atoms with E-state index in [1.165, 1.54) is 25.2 Å². The van der Waals surface area contributed by atoms with Crippen molar-refractivity contribution in [2.75, 3.05) is 60.2 Å². The molecule has 0 bridgehead atoms. The van der Waals surface area contributed by atoms with Gasteiger partial charge in [-0.2, -0.15) is 0 Å². The van der Waals surface area contributed by atoms with Crippen LogP contribution in [0.4, 0.5) is 0 Å². The number of imide groups is 1. The molecule has 1 aliphatic rings. The van der Waals surface area contributed by atoms with Crippen molar-refractivity contribution in [2.45, 2.75) is 18.9 Å². The zero-order chi connectivity index (χ0) is 26.1. The van der Waals surface area contributed by atoms with E-state index in [0.717, 1.165) is 18.1 Å². The SMILES string of the molecule is CNC(=O)C(CCC=O)N1C(=O)c2cccc(OCC=O)c2C1=O.CNCCOCCOCCN. The second-order valence-corrected chi connectivity index (χ2v) is 7.13. The molecule has 0 spiro atoms. The number of nitrogens with zero attached hydrogens (tertiary/aromatic N) is 1. The van der Waals surface area contributed by atoms with Crippen LogP contribution in [0.1, 0.15) is 33.6 Å². The standard InChI is InChI=1S/C16H16N2O6.C7H18N2O2/c1-17-14(21)11(5-3-7-19)18-15(22)10-4-2-6-12(24-9-8-20)13(10)16(18)23;1-9-3-5-11-7-6-10-4-2-8/h2,4,6-8,11H,3,5,9H2,1H3,(H,17,21);9H,2-8H2,1H3. The fraction of sp³-hybridized carbons (Fsp3) is 0.522. The van der Waals surface area contributed by atoms with Crippen molar-refractivity contribution in [1.29, 1.82) is 0 Å². The van der Waals surface area contributed by atoms with E-state index in [4.69, 9.17) is 19.9 Å². The highest BCUT2D eigenvalue weighted by Gasteiger charge is 2.44. The molecule has 1 atom stereocenters. The lowest BCUT2D eigenvalue weighted by atomic mass is 10.1. The third-order valence-electron chi connectivity index (χ3n) is 4.76. The predicted molar refractivity (Wildman–Crippen MR) is 126 cm³/mol. The van der Waals surface area contributed by atoms with Gasteiger partial charge in [-0.15, -0.1) is 0 Å². The van der Waals surface area contributed by atoms with E-state index in [1.807, 2.05) is 7.05 Å². The molecule has 1 aromatic carbocycles. The third kappa shape index (κ3) is 9.17. The maximum Gasteiger partial charge on any atom is 0.266 e. The van der Waals surface area contributed by atoms with Crippen LogP contribution < -0.4 is 21.1 Å². The number of hydrogen-bond acceptors (Lipinski definition) is 10. The molecule has 4 N–H and O–H groups in total. The number of carbonyl (C=O) groups excluding carboxylic acids is 5. The van der Waals surface area contributed by atoms with Crippen molar-refractivity contribution in [3.8, 4) is 5.75 Å². The van der Waals surface area contributed by atoms with Crippen molar-refractivity contribution >= 4 is 30.3 Å². The minimum Gasteiger partial charge on any atom is -0.485 e. The van der Waals surface area contributed by atoms with Crippen LogP contribution in [0.25, 0.3) is 0 Å². The van der Waals surface area contributed by atoms with Gasteiger partial charge in [-0.25, -0.2) is 0 Å². The zero-order valence-electron chi connectivity index (χ0n) is 20.1. The lowest BCUT2D eigenvalue weighted by Crippen LogP contribution is -2.48. The van der Waals surface area contributed by atoms with Gasteiger partial charge in [-0.1, -0.05) is 6.07 Å². The van der Waals surface area contributed by atoms with E-state index in [-0.39, 0.29) is 36.3 Å². The van der Waals surface area contributed by atoms with E-state index in [9.17, 15) is 24.0 Å². The summed E-state index contributed by atoms with van der Waals surface area (Å²) in [5.41, 5.74) is 5.33. The first kappa shape index (κ1) is 29.8. The number of amides is 3. The molecule has 1 aromatic rings. The number of aldehydes is 2. The summed E-state index contributed by atoms with van der Waals surface area (Å²) in [6.07, 6.45) is 1.20. The fourth-order valence-corrected chi connectivity index (χ4v) is 3.15. The minimum absolute atomic E-state index is 0.0179. The van der Waals surface area contributed by atoms with Gasteiger partial charge in [0.25, 0.3) is 11.8 Å². The normalized spacial score (nSPS) is 12.9. The molecule has 194 valence electrons. The number of benzene rings is 1. The topological polar surface area (TPSA) is 166 Å². The number of rotatable bonds is 16. The number of hydrogen-bond donors (Lipinski definition) is 3. The number of fused-ring (bicyclic) bond motifs is 1. The van der Waals surface area contributed by atoms with Crippen LogP contribution in [0.5, 0.6) is 5.75 Å². The summed E-state index contributed by atoms with van der Waals surface area (Å²) in [7, 11) is 3.28. The van der Waals surface area contributed by atoms with Gasteiger partial charge >= 0.3 is 0 Å². The molecule has 3 amide bonds. The van der Waals surface area contributed by atoms with Crippen LogP contribution in [0, 0.1) is 0 Å². The number of likely N-dealkylation sites (N-methyl/N-ethyl adjacent to an activating group) is 2. The summed E-state index contributed by atoms with van der Waals surface area (Å²) < 4.78 is 15.5. The Morgan fingerprint density at radius 3 is 2.37 bits per heavy atom. The zero-order valence-corrected chi connectivity index (χ0v) is 20.1. The minimum atomic E-state index is -1.09. The molecule has 12 heteroatoms. The second kappa shape index (κ2) is 17.3. The van der Waals surface area contributed by atoms with Crippen molar-refractivity contribution in [1.82, 2.24) is 15.5 Å². The molecule has 2 rings (SSSR count). The lowest BCUT2D eigenvalue weighted by molar-refractivity contribution is -0.124. The van der Waals surface area contributed by atoms with Crippen LogP contribution in [0.15, 0.2) is 18.2 Å². The summed E-state index contributed by atoms with van der Waals surface area (Å²) in [5, 5.41) is 5.37. The molecule has 1 unspecified atom stereocenters. The van der Waals surface area contributed by atoms with E-state index >= 15 is 0 Å². The Labute approximate surface area is 204 Å². The van der Waals surface area contributed by atoms with Crippen molar-refractivity contribution < 1.29 is 38.2 Å². The van der Waals surface area contributed by atoms with E-state index in [1.54, 1.807) is 0 Å². The van der Waals surface area contributed by atoms with E-state index in [2.05, 4.69) is 10.6 Å². The Balaban J connectivity index is 0.000000471. The number of ether oxygens (including phenoxy) is 3. The van der Waals surface area contributed by atoms with Gasteiger partial charge in [-0.3, -0.25) is 24.1 Å². The monoisotopic (exact) mass is 494 g/mol. The molecular weight excluding hydrogens is 460 g/mol. The molecule has 35 heavy (non-hydrogen) atoms. The average Bonchev–Trinajstić information content (AvgIpc) is 3.13. The van der Waals surface area contributed by atoms with Gasteiger partial charge in [0.1, 0.15) is 24.7 Å². The van der Waals surface area contributed by atoms with Crippen LogP contribution in [-0.4, -0.2) is 101 Å². The van der Waals surface area contributed by atoms with Gasteiger partial charge in [0, 0.05) is 26.6 Å². The van der Waals surface area contributed by atoms with Crippen molar-refractivity contribution in [3.05, 3.63) is 29.3 Å². The first-order valence-corrected chi connectivity index (χ1v) is 11.2. The summed E-state index contributed by atoms with van der Waals surface area (Å²) >= 11 is 0. The Hall–Kier alpha value is -3.19. The molecule has 0 saturated heterocycles. The van der Waals surface area contributed by atoms with Gasteiger partial charge in [0.05, 0.1) is 37.6 Å². The molecule has 0 saturated carbocycles. The Bertz CT molecular complexity index is 841. The quantitative estimate of drug-likeness (QED) is 0.150. The molecule has 12 nitrogen and oxygen atoms in total. The highest BCUT2D eigenvalue weighted by atomic mass is 16.5. The van der Waals surface area contributed by atoms with Gasteiger partial charge in [-0.05, 0) is 25.6 Å². The number of nitrogens with one attached hydrogen (secondary N) is 2. The third-order valence-corrected chi connectivity index (χ3v) is 4.76. The van der Waals surface area contributed by atoms with Gasteiger partial charge < -0.3 is 35.4 Å². The lowest BCUT2D eigenvalue weighted by Gasteiger charge is -2.24. The summed E-state index contributed by atoms with van der Waals surface area (Å²) in [6.45, 7) is 3.86. The molecule has 0 fully saturated rings. The highest BCUT2D eigenvalue weighted by Crippen LogP contribution is 2.32. The van der Waals surface area contributed by atoms with E-state index < -0.39 is 23.8 Å². The Kier molecular flexibility index (Phi) is 14.7. The van der Waals surface area contributed by atoms with E-state index in [0.29, 0.717) is 38.9 Å². The largest absolute Gasteiger partial charge is 0.485 e. The van der Waals surface area contributed by atoms with Gasteiger partial charge in [0.2, 0.25) is 5.91 Å². The second-order valence-electron chi connectivity index (χ2n) is 7.13. The first-order chi connectivity index (χ1) is 17.0. The summed E-state index contributed by atoms with van der Waals surface area (Å²) in [4.78, 5) is 59.2. The van der Waals surface area contributed by atoms with Crippen molar-refractivity contribution in [2.24, 2.45) is 5.73 Å². The van der Waals surface area contributed by atoms with Crippen LogP contribution in [0.3, 0.4) is 0 Å². The highest BCUT2D eigenvalue weighted by molar-refractivity contribution is 6.24. The van der Waals surface area contributed by atoms with Crippen LogP contribution in [-0.2, 0) is 23.9 Å². The predicted octanol–water partition coefficient (Wildman–Crippen LogP) is -0.848. The Morgan fingerprint density at radius 2 is 1.77 bits per heavy atom. The fourth-order valence-electron chi connectivity index (χ4n) is 3.15. The smallest absolute Gasteiger partial charge is 0.266 e. The van der Waals surface area contributed by atoms with Crippen molar-refractivity contribution in [3.63, 3.8) is 0 Å². The maximum absolute atomic E-state index is 12.7. The number of carbonyl (C=O) groups is 5. The summed E-state index contributed by atoms with van der Waals surface area (Å²) in [6, 6.07) is 3.35. The van der Waals surface area contributed by atoms with Crippen LogP contribution in [0.2, 0.25) is 0 Å². The maximum atomic E-state index is 12.7. The summed E-state index contributed by atoms with van der Waals surface area (Å²) in [5.74, 6) is -1.75. The molecule has 0 radical (unpaired) electrons. The first-order valence-electron chi connectivity index (χ1n) is 11.2. The number of nitrogens with two attached hydrogens (primary N) is 1. The average molecular weight is 495 g/mol. The molecule has 1 aliphatic heterocycles. The molecule has 1 heterocycles. The van der Waals surface area contributed by atoms with Gasteiger partial charge in [0.15, 0.2) is 6.29 Å². The molecule has 0 aromatic heterocycles. The Morgan fingerprint density at radius 1 is 1.06 bits per heavy atom. The van der Waals surface area contributed by atoms with Crippen LogP contribution >= 0.6 is 0 Å².